The summed E-state index contributed by atoms with van der Waals surface area (Å²) in [4.78, 5) is 6.92. The maximum atomic E-state index is 4.56. The minimum atomic E-state index is 0.901. The van der Waals surface area contributed by atoms with Crippen molar-refractivity contribution in [2.24, 2.45) is 17.8 Å². The van der Waals surface area contributed by atoms with E-state index in [1.807, 2.05) is 6.20 Å². The fourth-order valence-electron chi connectivity index (χ4n) is 3.97. The van der Waals surface area contributed by atoms with Crippen LogP contribution in [0.3, 0.4) is 0 Å². The summed E-state index contributed by atoms with van der Waals surface area (Å²) in [7, 11) is 2.19. The molecule has 3 rings (SSSR count). The van der Waals surface area contributed by atoms with Crippen LogP contribution in [-0.4, -0.2) is 18.6 Å². The molecule has 3 unspecified atom stereocenters. The van der Waals surface area contributed by atoms with Crippen LogP contribution in [0.15, 0.2) is 16.7 Å². The van der Waals surface area contributed by atoms with Crippen LogP contribution in [-0.2, 0) is 0 Å². The molecule has 2 fully saturated rings. The molecule has 98 valence electrons. The Balaban J connectivity index is 1.69. The Morgan fingerprint density at radius 3 is 2.83 bits per heavy atom. The van der Waals surface area contributed by atoms with Gasteiger partial charge < -0.3 is 4.90 Å². The van der Waals surface area contributed by atoms with E-state index in [1.165, 1.54) is 37.8 Å². The minimum Gasteiger partial charge on any atom is -0.359 e. The first kappa shape index (κ1) is 12.5. The van der Waals surface area contributed by atoms with Crippen molar-refractivity contribution in [1.29, 1.82) is 0 Å². The molecule has 2 aliphatic carbocycles. The van der Waals surface area contributed by atoms with Crippen molar-refractivity contribution in [3.8, 4) is 0 Å². The van der Waals surface area contributed by atoms with Gasteiger partial charge in [-0.2, -0.15) is 0 Å². The van der Waals surface area contributed by atoms with E-state index in [-0.39, 0.29) is 0 Å². The number of hydrogen-bond acceptors (Lipinski definition) is 2. The number of fused-ring (bicyclic) bond motifs is 2. The maximum Gasteiger partial charge on any atom is 0.131 e. The quantitative estimate of drug-likeness (QED) is 0.838. The second kappa shape index (κ2) is 4.84. The molecular weight excluding hydrogens is 288 g/mol. The van der Waals surface area contributed by atoms with E-state index in [1.54, 1.807) is 0 Å². The van der Waals surface area contributed by atoms with Crippen molar-refractivity contribution < 1.29 is 0 Å². The summed E-state index contributed by atoms with van der Waals surface area (Å²) < 4.78 is 1.07. The van der Waals surface area contributed by atoms with Crippen LogP contribution in [0, 0.1) is 24.7 Å². The largest absolute Gasteiger partial charge is 0.359 e. The molecule has 0 N–H and O–H groups in total. The molecule has 2 saturated carbocycles. The Morgan fingerprint density at radius 1 is 1.39 bits per heavy atom. The molecule has 0 amide bonds. The molecule has 0 saturated heterocycles. The third-order valence-electron chi connectivity index (χ3n) is 4.77. The molecule has 18 heavy (non-hydrogen) atoms. The zero-order chi connectivity index (χ0) is 12.7. The van der Waals surface area contributed by atoms with E-state index in [0.29, 0.717) is 0 Å². The van der Waals surface area contributed by atoms with Gasteiger partial charge in [0.25, 0.3) is 0 Å². The van der Waals surface area contributed by atoms with E-state index in [2.05, 4.69) is 45.9 Å². The van der Waals surface area contributed by atoms with Crippen molar-refractivity contribution in [3.05, 3.63) is 22.3 Å². The second-order valence-corrected chi connectivity index (χ2v) is 7.03. The molecule has 0 spiro atoms. The lowest BCUT2D eigenvalue weighted by atomic mass is 9.88. The van der Waals surface area contributed by atoms with Gasteiger partial charge in [-0.3, -0.25) is 0 Å². The first-order valence-electron chi connectivity index (χ1n) is 6.96. The Bertz CT molecular complexity index is 446. The Labute approximate surface area is 118 Å². The lowest BCUT2D eigenvalue weighted by molar-refractivity contribution is 0.337. The standard InChI is InChI=1S/C15H21BrN2/c1-10-5-14(16)8-17-15(10)18(2)9-13-7-11-3-4-12(13)6-11/h5,8,11-13H,3-4,6-7,9H2,1-2H3. The van der Waals surface area contributed by atoms with E-state index in [0.717, 1.165) is 28.0 Å². The Hall–Kier alpha value is -0.570. The molecule has 0 aliphatic heterocycles. The monoisotopic (exact) mass is 308 g/mol. The third-order valence-corrected chi connectivity index (χ3v) is 5.21. The molecule has 0 aromatic carbocycles. The van der Waals surface area contributed by atoms with Crippen LogP contribution < -0.4 is 4.90 Å². The fourth-order valence-corrected chi connectivity index (χ4v) is 4.42. The lowest BCUT2D eigenvalue weighted by Gasteiger charge is -2.28. The second-order valence-electron chi connectivity index (χ2n) is 6.11. The molecule has 3 heteroatoms. The van der Waals surface area contributed by atoms with Gasteiger partial charge in [-0.25, -0.2) is 4.98 Å². The average molecular weight is 309 g/mol. The number of pyridine rings is 1. The summed E-state index contributed by atoms with van der Waals surface area (Å²) in [5.74, 6) is 4.07. The number of rotatable bonds is 3. The molecule has 1 aromatic rings. The molecule has 3 atom stereocenters. The smallest absolute Gasteiger partial charge is 0.131 e. The number of anilines is 1. The van der Waals surface area contributed by atoms with Crippen LogP contribution >= 0.6 is 15.9 Å². The normalized spacial score (nSPS) is 29.8. The van der Waals surface area contributed by atoms with Crippen molar-refractivity contribution >= 4 is 21.7 Å². The van der Waals surface area contributed by atoms with Crippen LogP contribution in [0.2, 0.25) is 0 Å². The highest BCUT2D eigenvalue weighted by atomic mass is 79.9. The number of aryl methyl sites for hydroxylation is 1. The zero-order valence-corrected chi connectivity index (χ0v) is 12.8. The van der Waals surface area contributed by atoms with Gasteiger partial charge >= 0.3 is 0 Å². The molecule has 1 aromatic heterocycles. The Kier molecular flexibility index (Phi) is 3.35. The predicted molar refractivity (Wildman–Crippen MR) is 78.9 cm³/mol. The molecule has 2 aliphatic rings. The Morgan fingerprint density at radius 2 is 2.22 bits per heavy atom. The van der Waals surface area contributed by atoms with E-state index < -0.39 is 0 Å². The molecule has 2 nitrogen and oxygen atoms in total. The summed E-state index contributed by atoms with van der Waals surface area (Å²) in [5.41, 5.74) is 1.26. The summed E-state index contributed by atoms with van der Waals surface area (Å²) >= 11 is 3.48. The highest BCUT2D eigenvalue weighted by Crippen LogP contribution is 2.48. The van der Waals surface area contributed by atoms with Gasteiger partial charge in [0, 0.05) is 24.3 Å². The van der Waals surface area contributed by atoms with E-state index >= 15 is 0 Å². The van der Waals surface area contributed by atoms with E-state index in [9.17, 15) is 0 Å². The fraction of sp³-hybridized carbons (Fsp3) is 0.667. The van der Waals surface area contributed by atoms with Gasteiger partial charge in [0.2, 0.25) is 0 Å². The van der Waals surface area contributed by atoms with Gasteiger partial charge in [0.05, 0.1) is 0 Å². The summed E-state index contributed by atoms with van der Waals surface area (Å²) in [5, 5.41) is 0. The highest BCUT2D eigenvalue weighted by molar-refractivity contribution is 9.10. The van der Waals surface area contributed by atoms with Crippen LogP contribution in [0.4, 0.5) is 5.82 Å². The first-order valence-corrected chi connectivity index (χ1v) is 7.76. The van der Waals surface area contributed by atoms with Crippen LogP contribution in [0.5, 0.6) is 0 Å². The summed E-state index contributed by atoms with van der Waals surface area (Å²) in [6.07, 6.45) is 7.80. The summed E-state index contributed by atoms with van der Waals surface area (Å²) in [6.45, 7) is 3.32. The first-order chi connectivity index (χ1) is 8.63. The molecule has 1 heterocycles. The van der Waals surface area contributed by atoms with Crippen LogP contribution in [0.25, 0.3) is 0 Å². The molecule has 2 bridgehead atoms. The SMILES string of the molecule is Cc1cc(Br)cnc1N(C)CC1CC2CCC1C2. The summed E-state index contributed by atoms with van der Waals surface area (Å²) in [6, 6.07) is 2.15. The van der Waals surface area contributed by atoms with Crippen LogP contribution in [0.1, 0.15) is 31.2 Å². The van der Waals surface area contributed by atoms with E-state index in [4.69, 9.17) is 0 Å². The van der Waals surface area contributed by atoms with Gasteiger partial charge in [0.1, 0.15) is 5.82 Å². The predicted octanol–water partition coefficient (Wildman–Crippen LogP) is 4.02. The average Bonchev–Trinajstić information content (AvgIpc) is 2.90. The van der Waals surface area contributed by atoms with Crippen molar-refractivity contribution in [3.63, 3.8) is 0 Å². The topological polar surface area (TPSA) is 16.1 Å². The number of nitrogens with zero attached hydrogens (tertiary/aromatic N) is 2. The van der Waals surface area contributed by atoms with Crippen molar-refractivity contribution in [2.75, 3.05) is 18.5 Å². The van der Waals surface area contributed by atoms with Crippen molar-refractivity contribution in [2.45, 2.75) is 32.6 Å². The van der Waals surface area contributed by atoms with Gasteiger partial charge in [-0.15, -0.1) is 0 Å². The minimum absolute atomic E-state index is 0.901. The lowest BCUT2D eigenvalue weighted by Crippen LogP contribution is -2.29. The van der Waals surface area contributed by atoms with Gasteiger partial charge in [-0.1, -0.05) is 6.42 Å². The zero-order valence-electron chi connectivity index (χ0n) is 11.2. The van der Waals surface area contributed by atoms with Gasteiger partial charge in [-0.05, 0) is 71.5 Å². The van der Waals surface area contributed by atoms with Crippen molar-refractivity contribution in [1.82, 2.24) is 4.98 Å². The van der Waals surface area contributed by atoms with Gasteiger partial charge in [0.15, 0.2) is 0 Å². The number of halogens is 1. The number of aromatic nitrogens is 1. The highest BCUT2D eigenvalue weighted by Gasteiger charge is 2.39. The maximum absolute atomic E-state index is 4.56. The molecular formula is C15H21BrN2. The number of hydrogen-bond donors (Lipinski definition) is 0. The third kappa shape index (κ3) is 2.29. The molecule has 0 radical (unpaired) electrons.